The van der Waals surface area contributed by atoms with Crippen molar-refractivity contribution in [2.24, 2.45) is 12.2 Å². The molecule has 0 aliphatic heterocycles. The maximum Gasteiger partial charge on any atom is 0.238 e. The normalized spacial score (nSPS) is 11.7. The molecule has 2 N–H and O–H groups in total. The SMILES string of the molecule is Cn1ccnc1-c1cn(Cc2ccc(S(N)(=O)=O)cc2)nn1. The van der Waals surface area contributed by atoms with E-state index in [1.807, 2.05) is 17.8 Å². The minimum atomic E-state index is -3.67. The lowest BCUT2D eigenvalue weighted by Gasteiger charge is -2.02. The Morgan fingerprint density at radius 3 is 2.55 bits per heavy atom. The van der Waals surface area contributed by atoms with E-state index < -0.39 is 10.0 Å². The molecule has 0 fully saturated rings. The molecule has 0 bridgehead atoms. The molecule has 0 aliphatic carbocycles. The van der Waals surface area contributed by atoms with Gasteiger partial charge in [-0.25, -0.2) is 23.2 Å². The van der Waals surface area contributed by atoms with Crippen LogP contribution in [0.25, 0.3) is 11.5 Å². The Balaban J connectivity index is 1.80. The number of hydrogen-bond acceptors (Lipinski definition) is 5. The van der Waals surface area contributed by atoms with Crippen molar-refractivity contribution in [3.05, 3.63) is 48.4 Å². The van der Waals surface area contributed by atoms with Gasteiger partial charge in [-0.2, -0.15) is 0 Å². The Morgan fingerprint density at radius 1 is 1.23 bits per heavy atom. The zero-order chi connectivity index (χ0) is 15.7. The van der Waals surface area contributed by atoms with E-state index in [0.717, 1.165) is 11.4 Å². The van der Waals surface area contributed by atoms with Crippen molar-refractivity contribution in [2.45, 2.75) is 11.4 Å². The second kappa shape index (κ2) is 5.35. The molecule has 0 atom stereocenters. The lowest BCUT2D eigenvalue weighted by molar-refractivity contribution is 0.597. The Hall–Kier alpha value is -2.52. The van der Waals surface area contributed by atoms with Gasteiger partial charge >= 0.3 is 0 Å². The van der Waals surface area contributed by atoms with Crippen LogP contribution in [0.5, 0.6) is 0 Å². The van der Waals surface area contributed by atoms with Gasteiger partial charge in [-0.3, -0.25) is 0 Å². The number of rotatable bonds is 4. The van der Waals surface area contributed by atoms with Crippen LogP contribution in [-0.2, 0) is 23.6 Å². The highest BCUT2D eigenvalue weighted by atomic mass is 32.2. The minimum absolute atomic E-state index is 0.0866. The number of nitrogens with two attached hydrogens (primary N) is 1. The highest BCUT2D eigenvalue weighted by molar-refractivity contribution is 7.89. The molecule has 2 heterocycles. The fraction of sp³-hybridized carbons (Fsp3) is 0.154. The average Bonchev–Trinajstić information content (AvgIpc) is 3.07. The van der Waals surface area contributed by atoms with Crippen molar-refractivity contribution in [3.63, 3.8) is 0 Å². The van der Waals surface area contributed by atoms with Crippen LogP contribution < -0.4 is 5.14 Å². The summed E-state index contributed by atoms with van der Waals surface area (Å²) in [6.07, 6.45) is 5.32. The van der Waals surface area contributed by atoms with Gasteiger partial charge in [0, 0.05) is 19.4 Å². The molecule has 0 amide bonds. The number of aromatic nitrogens is 5. The van der Waals surface area contributed by atoms with Crippen molar-refractivity contribution >= 4 is 10.0 Å². The number of aryl methyl sites for hydroxylation is 1. The van der Waals surface area contributed by atoms with E-state index in [4.69, 9.17) is 5.14 Å². The van der Waals surface area contributed by atoms with Crippen LogP contribution in [0.1, 0.15) is 5.56 Å². The third kappa shape index (κ3) is 2.90. The molecular formula is C13H14N6O2S. The van der Waals surface area contributed by atoms with Crippen LogP contribution in [-0.4, -0.2) is 33.0 Å². The monoisotopic (exact) mass is 318 g/mol. The predicted molar refractivity (Wildman–Crippen MR) is 79.1 cm³/mol. The molecule has 8 nitrogen and oxygen atoms in total. The first-order chi connectivity index (χ1) is 10.4. The third-order valence-electron chi connectivity index (χ3n) is 3.19. The summed E-state index contributed by atoms with van der Waals surface area (Å²) in [6.45, 7) is 0.475. The number of hydrogen-bond donors (Lipinski definition) is 1. The van der Waals surface area contributed by atoms with Gasteiger partial charge in [0.25, 0.3) is 0 Å². The first-order valence-corrected chi connectivity index (χ1v) is 7.98. The van der Waals surface area contributed by atoms with Crippen molar-refractivity contribution in [2.75, 3.05) is 0 Å². The van der Waals surface area contributed by atoms with Gasteiger partial charge in [-0.1, -0.05) is 17.3 Å². The smallest absolute Gasteiger partial charge is 0.238 e. The third-order valence-corrected chi connectivity index (χ3v) is 4.11. The number of imidazole rings is 1. The molecule has 3 rings (SSSR count). The summed E-state index contributed by atoms with van der Waals surface area (Å²) in [5.41, 5.74) is 1.57. The highest BCUT2D eigenvalue weighted by Crippen LogP contribution is 2.14. The molecule has 0 aliphatic rings. The van der Waals surface area contributed by atoms with Crippen LogP contribution in [0, 0.1) is 0 Å². The molecular weight excluding hydrogens is 304 g/mol. The largest absolute Gasteiger partial charge is 0.333 e. The van der Waals surface area contributed by atoms with Crippen molar-refractivity contribution in [1.82, 2.24) is 24.5 Å². The summed E-state index contributed by atoms with van der Waals surface area (Å²) in [5.74, 6) is 0.732. The highest BCUT2D eigenvalue weighted by Gasteiger charge is 2.10. The van der Waals surface area contributed by atoms with Gasteiger partial charge in [0.1, 0.15) is 5.69 Å². The van der Waals surface area contributed by atoms with Gasteiger partial charge in [0.05, 0.1) is 17.6 Å². The van der Waals surface area contributed by atoms with Gasteiger partial charge < -0.3 is 4.57 Å². The second-order valence-corrected chi connectivity index (χ2v) is 6.41. The summed E-state index contributed by atoms with van der Waals surface area (Å²) in [5, 5.41) is 13.2. The predicted octanol–water partition coefficient (Wildman–Crippen LogP) is 0.374. The topological polar surface area (TPSA) is 109 Å². The van der Waals surface area contributed by atoms with E-state index in [1.54, 1.807) is 29.2 Å². The fourth-order valence-electron chi connectivity index (χ4n) is 2.06. The average molecular weight is 318 g/mol. The van der Waals surface area contributed by atoms with Crippen molar-refractivity contribution in [1.29, 1.82) is 0 Å². The maximum atomic E-state index is 11.2. The Labute approximate surface area is 127 Å². The minimum Gasteiger partial charge on any atom is -0.333 e. The fourth-order valence-corrected chi connectivity index (χ4v) is 2.58. The van der Waals surface area contributed by atoms with Gasteiger partial charge in [0.15, 0.2) is 5.82 Å². The van der Waals surface area contributed by atoms with E-state index in [0.29, 0.717) is 12.2 Å². The molecule has 0 saturated carbocycles. The van der Waals surface area contributed by atoms with Gasteiger partial charge in [-0.05, 0) is 17.7 Å². The number of nitrogens with zero attached hydrogens (tertiary/aromatic N) is 5. The van der Waals surface area contributed by atoms with E-state index in [9.17, 15) is 8.42 Å². The van der Waals surface area contributed by atoms with E-state index >= 15 is 0 Å². The number of primary sulfonamides is 1. The Morgan fingerprint density at radius 2 is 1.95 bits per heavy atom. The molecule has 2 aromatic heterocycles. The standard InChI is InChI=1S/C13H14N6O2S/c1-18-7-6-15-13(18)12-9-19(17-16-12)8-10-2-4-11(5-3-10)22(14,20)21/h2-7,9H,8H2,1H3,(H2,14,20,21). The molecule has 3 aromatic rings. The summed E-state index contributed by atoms with van der Waals surface area (Å²) in [4.78, 5) is 4.30. The van der Waals surface area contributed by atoms with Crippen LogP contribution in [0.4, 0.5) is 0 Å². The molecule has 22 heavy (non-hydrogen) atoms. The molecule has 9 heteroatoms. The first-order valence-electron chi connectivity index (χ1n) is 6.43. The molecule has 0 saturated heterocycles. The second-order valence-electron chi connectivity index (χ2n) is 4.85. The molecule has 0 unspecified atom stereocenters. The summed E-state index contributed by atoms with van der Waals surface area (Å²) in [7, 11) is -1.79. The van der Waals surface area contributed by atoms with Crippen molar-refractivity contribution < 1.29 is 8.42 Å². The van der Waals surface area contributed by atoms with Crippen LogP contribution >= 0.6 is 0 Å². The van der Waals surface area contributed by atoms with E-state index in [1.165, 1.54) is 12.1 Å². The van der Waals surface area contributed by atoms with Crippen molar-refractivity contribution in [3.8, 4) is 11.5 Å². The number of sulfonamides is 1. The summed E-state index contributed by atoms with van der Waals surface area (Å²) < 4.78 is 25.9. The molecule has 0 radical (unpaired) electrons. The lowest BCUT2D eigenvalue weighted by Crippen LogP contribution is -2.12. The summed E-state index contributed by atoms with van der Waals surface area (Å²) >= 11 is 0. The van der Waals surface area contributed by atoms with E-state index in [-0.39, 0.29) is 4.90 Å². The van der Waals surface area contributed by atoms with Gasteiger partial charge in [0.2, 0.25) is 10.0 Å². The summed E-state index contributed by atoms with van der Waals surface area (Å²) in [6, 6.07) is 6.34. The molecule has 1 aromatic carbocycles. The maximum absolute atomic E-state index is 11.2. The van der Waals surface area contributed by atoms with E-state index in [2.05, 4.69) is 15.3 Å². The van der Waals surface area contributed by atoms with Crippen LogP contribution in [0.2, 0.25) is 0 Å². The lowest BCUT2D eigenvalue weighted by atomic mass is 10.2. The molecule has 0 spiro atoms. The van der Waals surface area contributed by atoms with Crippen LogP contribution in [0.15, 0.2) is 47.8 Å². The zero-order valence-electron chi connectivity index (χ0n) is 11.8. The Bertz CT molecular complexity index is 895. The molecule has 114 valence electrons. The first kappa shape index (κ1) is 14.4. The zero-order valence-corrected chi connectivity index (χ0v) is 12.6. The van der Waals surface area contributed by atoms with Crippen LogP contribution in [0.3, 0.4) is 0 Å². The Kier molecular flexibility index (Phi) is 3.51. The number of benzene rings is 1. The van der Waals surface area contributed by atoms with Gasteiger partial charge in [-0.15, -0.1) is 5.10 Å². The quantitative estimate of drug-likeness (QED) is 0.747.